The van der Waals surface area contributed by atoms with Crippen molar-refractivity contribution >= 4 is 0 Å². The molecule has 0 radical (unpaired) electrons. The normalized spacial score (nSPS) is 25.2. The van der Waals surface area contributed by atoms with Crippen molar-refractivity contribution < 1.29 is 8.78 Å². The quantitative estimate of drug-likeness (QED) is 0.707. The van der Waals surface area contributed by atoms with Gasteiger partial charge >= 0.3 is 0 Å². The molecule has 1 N–H and O–H groups in total. The Hall–Kier alpha value is -0.180. The first-order valence-electron chi connectivity index (χ1n) is 4.91. The third kappa shape index (κ3) is 2.63. The standard InChI is InChI=1S/C10H19F2N/c1-9(2,3)10(11,12)6-8-4-5-13-7-8/h8,13H,4-7H2,1-3H3. The van der Waals surface area contributed by atoms with E-state index in [1.165, 1.54) is 0 Å². The lowest BCUT2D eigenvalue weighted by Gasteiger charge is -2.32. The molecule has 0 spiro atoms. The van der Waals surface area contributed by atoms with Crippen LogP contribution in [0.4, 0.5) is 8.78 Å². The molecule has 1 nitrogen and oxygen atoms in total. The van der Waals surface area contributed by atoms with E-state index in [-0.39, 0.29) is 12.3 Å². The van der Waals surface area contributed by atoms with Gasteiger partial charge in [0.15, 0.2) is 0 Å². The van der Waals surface area contributed by atoms with Crippen molar-refractivity contribution in [3.63, 3.8) is 0 Å². The van der Waals surface area contributed by atoms with Gasteiger partial charge in [0.05, 0.1) is 0 Å². The van der Waals surface area contributed by atoms with Crippen molar-refractivity contribution in [2.45, 2.75) is 39.5 Å². The fourth-order valence-corrected chi connectivity index (χ4v) is 1.56. The van der Waals surface area contributed by atoms with Crippen LogP contribution in [0.1, 0.15) is 33.6 Å². The fraction of sp³-hybridized carbons (Fsp3) is 1.00. The molecule has 1 heterocycles. The van der Waals surface area contributed by atoms with Gasteiger partial charge in [0, 0.05) is 11.8 Å². The Balaban J connectivity index is 2.50. The maximum absolute atomic E-state index is 13.6. The third-order valence-electron chi connectivity index (χ3n) is 2.80. The van der Waals surface area contributed by atoms with Gasteiger partial charge in [-0.2, -0.15) is 0 Å². The van der Waals surface area contributed by atoms with Crippen molar-refractivity contribution in [1.82, 2.24) is 5.32 Å². The summed E-state index contributed by atoms with van der Waals surface area (Å²) < 4.78 is 27.1. The summed E-state index contributed by atoms with van der Waals surface area (Å²) in [5, 5.41) is 3.11. The lowest BCUT2D eigenvalue weighted by Crippen LogP contribution is -2.36. The highest BCUT2D eigenvalue weighted by atomic mass is 19.3. The number of hydrogen-bond donors (Lipinski definition) is 1. The number of nitrogens with one attached hydrogen (secondary N) is 1. The average molecular weight is 191 g/mol. The molecular formula is C10H19F2N. The van der Waals surface area contributed by atoms with E-state index in [1.54, 1.807) is 20.8 Å². The van der Waals surface area contributed by atoms with E-state index in [0.717, 1.165) is 19.5 Å². The molecule has 3 heteroatoms. The smallest absolute Gasteiger partial charge is 0.253 e. The predicted molar refractivity (Wildman–Crippen MR) is 50.0 cm³/mol. The topological polar surface area (TPSA) is 12.0 Å². The summed E-state index contributed by atoms with van der Waals surface area (Å²) in [6.45, 7) is 6.47. The van der Waals surface area contributed by atoms with Gasteiger partial charge in [-0.15, -0.1) is 0 Å². The first-order valence-corrected chi connectivity index (χ1v) is 4.91. The molecule has 0 aromatic heterocycles. The summed E-state index contributed by atoms with van der Waals surface area (Å²) in [4.78, 5) is 0. The van der Waals surface area contributed by atoms with Crippen LogP contribution in [0.25, 0.3) is 0 Å². The maximum atomic E-state index is 13.6. The second-order valence-corrected chi connectivity index (χ2v) is 5.02. The van der Waals surface area contributed by atoms with Gasteiger partial charge in [0.2, 0.25) is 0 Å². The summed E-state index contributed by atoms with van der Waals surface area (Å²) >= 11 is 0. The maximum Gasteiger partial charge on any atom is 0.253 e. The average Bonchev–Trinajstić information content (AvgIpc) is 2.35. The highest BCUT2D eigenvalue weighted by molar-refractivity contribution is 4.86. The minimum Gasteiger partial charge on any atom is -0.316 e. The highest BCUT2D eigenvalue weighted by Crippen LogP contribution is 2.41. The molecule has 1 rings (SSSR count). The van der Waals surface area contributed by atoms with Crippen molar-refractivity contribution in [3.05, 3.63) is 0 Å². The number of halogens is 2. The lowest BCUT2D eigenvalue weighted by molar-refractivity contribution is -0.111. The molecule has 1 aliphatic heterocycles. The van der Waals surface area contributed by atoms with Crippen molar-refractivity contribution in [2.24, 2.45) is 11.3 Å². The minimum absolute atomic E-state index is 0.0313. The molecule has 1 unspecified atom stereocenters. The third-order valence-corrected chi connectivity index (χ3v) is 2.80. The summed E-state index contributed by atoms with van der Waals surface area (Å²) in [7, 11) is 0. The zero-order valence-corrected chi connectivity index (χ0v) is 8.66. The molecule has 0 bridgehead atoms. The van der Waals surface area contributed by atoms with Gasteiger partial charge in [0.25, 0.3) is 5.92 Å². The first-order chi connectivity index (χ1) is 5.83. The van der Waals surface area contributed by atoms with E-state index in [4.69, 9.17) is 0 Å². The van der Waals surface area contributed by atoms with Crippen LogP contribution in [0.3, 0.4) is 0 Å². The molecule has 0 aromatic carbocycles. The van der Waals surface area contributed by atoms with E-state index in [9.17, 15) is 8.78 Å². The van der Waals surface area contributed by atoms with Crippen LogP contribution in [0.15, 0.2) is 0 Å². The fourth-order valence-electron chi connectivity index (χ4n) is 1.56. The van der Waals surface area contributed by atoms with E-state index >= 15 is 0 Å². The molecule has 0 saturated carbocycles. The Kier molecular flexibility index (Phi) is 2.95. The molecule has 13 heavy (non-hydrogen) atoms. The predicted octanol–water partition coefficient (Wildman–Crippen LogP) is 2.67. The number of alkyl halides is 2. The largest absolute Gasteiger partial charge is 0.316 e. The molecule has 1 fully saturated rings. The summed E-state index contributed by atoms with van der Waals surface area (Å²) in [6.07, 6.45) is 0.926. The molecule has 0 amide bonds. The second kappa shape index (κ2) is 3.52. The molecule has 1 atom stereocenters. The van der Waals surface area contributed by atoms with Crippen molar-refractivity contribution in [3.8, 4) is 0 Å². The molecule has 1 saturated heterocycles. The molecule has 1 aliphatic rings. The lowest BCUT2D eigenvalue weighted by atomic mass is 9.82. The van der Waals surface area contributed by atoms with Gasteiger partial charge in [0.1, 0.15) is 0 Å². The Labute approximate surface area is 78.9 Å². The van der Waals surface area contributed by atoms with Gasteiger partial charge in [-0.25, -0.2) is 8.78 Å². The molecule has 0 aliphatic carbocycles. The Morgan fingerprint density at radius 3 is 2.31 bits per heavy atom. The summed E-state index contributed by atoms with van der Waals surface area (Å²) in [5.41, 5.74) is -0.907. The number of hydrogen-bond acceptors (Lipinski definition) is 1. The van der Waals surface area contributed by atoms with Crippen LogP contribution in [0.5, 0.6) is 0 Å². The molecule has 0 aromatic rings. The summed E-state index contributed by atoms with van der Waals surface area (Å²) in [5.74, 6) is -2.38. The van der Waals surface area contributed by atoms with Crippen molar-refractivity contribution in [2.75, 3.05) is 13.1 Å². The van der Waals surface area contributed by atoms with Crippen LogP contribution in [-0.2, 0) is 0 Å². The van der Waals surface area contributed by atoms with Crippen LogP contribution in [0, 0.1) is 11.3 Å². The van der Waals surface area contributed by atoms with Crippen molar-refractivity contribution in [1.29, 1.82) is 0 Å². The zero-order valence-electron chi connectivity index (χ0n) is 8.66. The van der Waals surface area contributed by atoms with Gasteiger partial charge in [-0.3, -0.25) is 0 Å². The van der Waals surface area contributed by atoms with Crippen LogP contribution in [-0.4, -0.2) is 19.0 Å². The SMILES string of the molecule is CC(C)(C)C(F)(F)CC1CCNC1. The van der Waals surface area contributed by atoms with Gasteiger partial charge in [-0.1, -0.05) is 20.8 Å². The Morgan fingerprint density at radius 2 is 1.92 bits per heavy atom. The highest BCUT2D eigenvalue weighted by Gasteiger charge is 2.44. The molecule has 78 valence electrons. The Bertz CT molecular complexity index is 166. The van der Waals surface area contributed by atoms with E-state index in [1.807, 2.05) is 0 Å². The summed E-state index contributed by atoms with van der Waals surface area (Å²) in [6, 6.07) is 0. The van der Waals surface area contributed by atoms with E-state index < -0.39 is 11.3 Å². The van der Waals surface area contributed by atoms with E-state index in [2.05, 4.69) is 5.32 Å². The zero-order chi connectivity index (χ0) is 10.1. The second-order valence-electron chi connectivity index (χ2n) is 5.02. The van der Waals surface area contributed by atoms with Gasteiger partial charge in [-0.05, 0) is 25.4 Å². The Morgan fingerprint density at radius 1 is 1.31 bits per heavy atom. The monoisotopic (exact) mass is 191 g/mol. The molecular weight excluding hydrogens is 172 g/mol. The minimum atomic E-state index is -2.54. The van der Waals surface area contributed by atoms with Crippen LogP contribution < -0.4 is 5.32 Å². The number of rotatable bonds is 2. The first kappa shape index (κ1) is 10.9. The van der Waals surface area contributed by atoms with Gasteiger partial charge < -0.3 is 5.32 Å². The van der Waals surface area contributed by atoms with Crippen LogP contribution >= 0.6 is 0 Å². The van der Waals surface area contributed by atoms with E-state index in [0.29, 0.717) is 0 Å². The van der Waals surface area contributed by atoms with Crippen LogP contribution in [0.2, 0.25) is 0 Å².